The molecule has 0 spiro atoms. The van der Waals surface area contributed by atoms with Crippen LogP contribution in [0, 0.1) is 20.0 Å². The van der Waals surface area contributed by atoms with Gasteiger partial charge < -0.3 is 4.74 Å². The fourth-order valence-electron chi connectivity index (χ4n) is 11.6. The highest BCUT2D eigenvalue weighted by Crippen LogP contribution is 2.48. The number of benzene rings is 11. The molecule has 0 bridgehead atoms. The zero-order chi connectivity index (χ0) is 72.2. The van der Waals surface area contributed by atoms with E-state index in [1.54, 1.807) is 57.7 Å². The van der Waals surface area contributed by atoms with Crippen molar-refractivity contribution < 1.29 is 35.3 Å². The van der Waals surface area contributed by atoms with Crippen LogP contribution in [-0.2, 0) is 5.41 Å². The van der Waals surface area contributed by atoms with Crippen molar-refractivity contribution >= 4 is 32.8 Å². The average Bonchev–Trinajstić information content (AvgIpc) is 1.43. The summed E-state index contributed by atoms with van der Waals surface area (Å²) in [4.78, 5) is 4.88. The van der Waals surface area contributed by atoms with Crippen molar-refractivity contribution in [1.29, 1.82) is 0 Å². The number of hydrogen-bond acceptors (Lipinski definition) is 2. The molecule has 1 aliphatic rings. The van der Waals surface area contributed by atoms with Gasteiger partial charge in [0.25, 0.3) is 6.33 Å². The molecule has 396 valence electrons. The lowest BCUT2D eigenvalue weighted by molar-refractivity contribution is -0.570. The molecule has 1 aliphatic heterocycles. The normalized spacial score (nSPS) is 15.5. The van der Waals surface area contributed by atoms with Crippen molar-refractivity contribution in [1.82, 2.24) is 14.1 Å². The number of fused-ring (bicyclic) bond motifs is 10. The number of rotatable bonds is 8. The Morgan fingerprint density at radius 2 is 1.06 bits per heavy atom. The van der Waals surface area contributed by atoms with Crippen LogP contribution in [0.15, 0.2) is 261 Å². The maximum absolute atomic E-state index is 10.4. The molecule has 0 saturated heterocycles. The first kappa shape index (κ1) is 33.4. The van der Waals surface area contributed by atoms with E-state index in [9.17, 15) is 9.60 Å². The summed E-state index contributed by atoms with van der Waals surface area (Å²) in [5, 5.41) is 1.95. The zero-order valence-electron chi connectivity index (χ0n) is 64.0. The van der Waals surface area contributed by atoms with E-state index in [0.29, 0.717) is 67.6 Å². The van der Waals surface area contributed by atoms with Gasteiger partial charge in [-0.1, -0.05) is 196 Å². The van der Waals surface area contributed by atoms with Crippen LogP contribution in [0.3, 0.4) is 0 Å². The molecular formula is C78H58N4O. The number of hydrogen-bond donors (Lipinski definition) is 0. The second kappa shape index (κ2) is 19.7. The number of para-hydroxylation sites is 2. The summed E-state index contributed by atoms with van der Waals surface area (Å²) in [5.41, 5.74) is 4.30. The molecule has 0 saturated carbocycles. The molecule has 11 aromatic carbocycles. The predicted molar refractivity (Wildman–Crippen MR) is 342 cm³/mol. The summed E-state index contributed by atoms with van der Waals surface area (Å²) < 4.78 is 187. The molecule has 5 heteroatoms. The highest BCUT2D eigenvalue weighted by Gasteiger charge is 2.28. The van der Waals surface area contributed by atoms with E-state index in [2.05, 4.69) is 43.8 Å². The second-order valence-electron chi connectivity index (χ2n) is 21.5. The van der Waals surface area contributed by atoms with Crippen molar-refractivity contribution in [3.05, 3.63) is 284 Å². The molecule has 83 heavy (non-hydrogen) atoms. The number of aryl methyl sites for hydroxylation is 2. The van der Waals surface area contributed by atoms with E-state index in [-0.39, 0.29) is 44.3 Å². The minimum Gasteiger partial charge on any atom is -0.458 e. The molecule has 0 fully saturated rings. The molecular weight excluding hydrogens is 1010 g/mol. The van der Waals surface area contributed by atoms with Crippen LogP contribution in [-0.4, -0.2) is 14.1 Å². The number of pyridine rings is 1. The quantitative estimate of drug-likeness (QED) is 0.112. The van der Waals surface area contributed by atoms with Gasteiger partial charge in [0.1, 0.15) is 17.3 Å². The Morgan fingerprint density at radius 1 is 0.482 bits per heavy atom. The molecule has 0 unspecified atom stereocenters. The lowest BCUT2D eigenvalue weighted by Gasteiger charge is -2.20. The smallest absolute Gasteiger partial charge is 0.269 e. The molecule has 0 aliphatic carbocycles. The van der Waals surface area contributed by atoms with Gasteiger partial charge >= 0.3 is 0 Å². The van der Waals surface area contributed by atoms with Crippen molar-refractivity contribution in [2.45, 2.75) is 39.9 Å². The van der Waals surface area contributed by atoms with Gasteiger partial charge in [-0.15, -0.1) is 0 Å². The van der Waals surface area contributed by atoms with Gasteiger partial charge in [0.05, 0.1) is 51.3 Å². The van der Waals surface area contributed by atoms with Crippen LogP contribution >= 0.6 is 0 Å². The molecule has 0 amide bonds. The van der Waals surface area contributed by atoms with Crippen LogP contribution in [0.5, 0.6) is 11.5 Å². The zero-order valence-corrected chi connectivity index (χ0v) is 45.0. The summed E-state index contributed by atoms with van der Waals surface area (Å²) >= 11 is 0. The highest BCUT2D eigenvalue weighted by atomic mass is 16.5. The molecule has 3 aromatic heterocycles. The monoisotopic (exact) mass is 1090 g/mol. The number of aromatic nitrogens is 4. The van der Waals surface area contributed by atoms with Crippen molar-refractivity contribution in [2.75, 3.05) is 0 Å². The molecule has 5 nitrogen and oxygen atoms in total. The number of nitrogens with zero attached hydrogens (tertiary/aromatic N) is 4. The van der Waals surface area contributed by atoms with Crippen LogP contribution < -0.4 is 9.30 Å². The largest absolute Gasteiger partial charge is 0.458 e. The van der Waals surface area contributed by atoms with Gasteiger partial charge in [0, 0.05) is 31.3 Å². The summed E-state index contributed by atoms with van der Waals surface area (Å²) in [6, 6.07) is 42.7. The van der Waals surface area contributed by atoms with Gasteiger partial charge in [-0.25, -0.2) is 4.98 Å². The molecule has 15 rings (SSSR count). The molecule has 0 N–H and O–H groups in total. The average molecular weight is 1090 g/mol. The highest BCUT2D eigenvalue weighted by molar-refractivity contribution is 6.10. The third kappa shape index (κ3) is 8.55. The molecule has 4 heterocycles. The Bertz CT molecular complexity index is 5760. The Hall–Kier alpha value is -10.4. The van der Waals surface area contributed by atoms with Crippen LogP contribution in [0.25, 0.3) is 128 Å². The predicted octanol–water partition coefficient (Wildman–Crippen LogP) is 19.9. The van der Waals surface area contributed by atoms with Crippen LogP contribution in [0.2, 0.25) is 0 Å². The Kier molecular flexibility index (Phi) is 7.94. The first-order chi connectivity index (χ1) is 48.5. The SMILES string of the molecule is [2H]c1c([2H])c([2H])c(-c2c([2H])c(-c3cc4c5c(c3)n(-c3cccc(Oc6ccc7c8ccccc8n(-c8cc(C(C)(C)C)ccn8)c7c6)c3)[c-][n+]5-c3c(cccc3-c3c(C([2H])([2H])[2H])cccc3C([2H])([2H])[2H])-c3ccccc3-c3ccccc3-4)c([2H])c(-c3c([2H])c([2H])c([2H])c([2H])c3[2H])c2[2H])c([2H])c1[2H]. The lowest BCUT2D eigenvalue weighted by atomic mass is 9.86. The summed E-state index contributed by atoms with van der Waals surface area (Å²) in [5.74, 6) is 1.51. The van der Waals surface area contributed by atoms with E-state index in [1.165, 1.54) is 18.2 Å². The molecule has 0 radical (unpaired) electrons. The minimum atomic E-state index is -2.86. The van der Waals surface area contributed by atoms with Gasteiger partial charge in [0.15, 0.2) is 0 Å². The lowest BCUT2D eigenvalue weighted by Crippen LogP contribution is -2.32. The van der Waals surface area contributed by atoms with Crippen molar-refractivity contribution in [3.8, 4) is 107 Å². The first-order valence-electron chi connectivity index (χ1n) is 36.5. The number of ether oxygens (including phenoxy) is 1. The molecule has 0 atom stereocenters. The Morgan fingerprint density at radius 3 is 1.75 bits per heavy atom. The fraction of sp³-hybridized carbons (Fsp3) is 0.0769. The van der Waals surface area contributed by atoms with Gasteiger partial charge in [-0.2, -0.15) is 0 Å². The third-order valence-electron chi connectivity index (χ3n) is 15.4. The topological polar surface area (TPSA) is 35.9 Å². The standard InChI is InChI=1S/C78H58N4O/c1-50-21-18-22-51(2)75(50)69-35-20-34-68-64-31-14-12-29-62(64)63-30-13-15-32-65(63)70-44-57(56-42-54(52-23-8-6-9-24-52)41-55(43-56)53-25-10-7-11-26-53)45-73-77(70)81(76(68)69)49-80(73)59-27-19-28-60(47-59)83-61-37-38-67-66-33-16-17-36-71(66)82(72(67)48-61)74-46-58(39-40-79-74)78(3,4)5/h6-48H,1-5H3/i1D3,2D3,6D,7D,8D,9D,10D,11D,23D,24D,25D,26D,41D,42D,43D. The van der Waals surface area contributed by atoms with Gasteiger partial charge in [0.2, 0.25) is 0 Å². The van der Waals surface area contributed by atoms with Gasteiger partial charge in [-0.3, -0.25) is 13.7 Å². The van der Waals surface area contributed by atoms with E-state index < -0.39 is 115 Å². The summed E-state index contributed by atoms with van der Waals surface area (Å²) in [6.07, 6.45) is 5.47. The summed E-state index contributed by atoms with van der Waals surface area (Å²) in [7, 11) is 0. The van der Waals surface area contributed by atoms with E-state index >= 15 is 0 Å². The minimum absolute atomic E-state index is 0.0292. The Labute approximate surface area is 511 Å². The van der Waals surface area contributed by atoms with E-state index in [4.69, 9.17) is 26.2 Å². The maximum atomic E-state index is 10.4. The third-order valence-corrected chi connectivity index (χ3v) is 15.4. The van der Waals surface area contributed by atoms with E-state index in [0.717, 1.165) is 27.4 Å². The second-order valence-corrected chi connectivity index (χ2v) is 21.5. The summed E-state index contributed by atoms with van der Waals surface area (Å²) in [6.45, 7) is 0.720. The van der Waals surface area contributed by atoms with E-state index in [1.807, 2.05) is 103 Å². The van der Waals surface area contributed by atoms with Crippen LogP contribution in [0.1, 0.15) is 63.5 Å². The van der Waals surface area contributed by atoms with Crippen molar-refractivity contribution in [3.63, 3.8) is 0 Å². The van der Waals surface area contributed by atoms with Crippen LogP contribution in [0.4, 0.5) is 0 Å². The maximum Gasteiger partial charge on any atom is 0.269 e. The van der Waals surface area contributed by atoms with Crippen molar-refractivity contribution in [2.24, 2.45) is 0 Å². The number of imidazole rings is 1. The first-order valence-corrected chi connectivity index (χ1v) is 27.0. The Balaban J connectivity index is 1.08. The van der Waals surface area contributed by atoms with Gasteiger partial charge in [-0.05, 0) is 186 Å². The fourth-order valence-corrected chi connectivity index (χ4v) is 11.6. The molecule has 14 aromatic rings.